The third-order valence-electron chi connectivity index (χ3n) is 3.04. The Kier molecular flexibility index (Phi) is 4.78. The first kappa shape index (κ1) is 14.3. The number of halogens is 1. The van der Waals surface area contributed by atoms with Crippen molar-refractivity contribution in [1.29, 1.82) is 0 Å². The van der Waals surface area contributed by atoms with Crippen molar-refractivity contribution in [3.05, 3.63) is 69.7 Å². The van der Waals surface area contributed by atoms with Crippen molar-refractivity contribution in [2.75, 3.05) is 0 Å². The second kappa shape index (κ2) is 6.36. The summed E-state index contributed by atoms with van der Waals surface area (Å²) in [5, 5.41) is 0.696. The normalized spacial score (nSPS) is 12.4. The molecule has 0 spiro atoms. The summed E-state index contributed by atoms with van der Waals surface area (Å²) in [6.07, 6.45) is 0. The van der Waals surface area contributed by atoms with E-state index < -0.39 is 10.8 Å². The summed E-state index contributed by atoms with van der Waals surface area (Å²) >= 11 is 5.94. The van der Waals surface area contributed by atoms with Crippen LogP contribution in [0.15, 0.2) is 42.5 Å². The lowest BCUT2D eigenvalue weighted by atomic mass is 10.1. The number of hydrogen-bond donors (Lipinski definition) is 0. The second-order valence-electron chi connectivity index (χ2n) is 4.79. The molecule has 0 amide bonds. The zero-order valence-corrected chi connectivity index (χ0v) is 12.7. The Labute approximate surface area is 122 Å². The van der Waals surface area contributed by atoms with E-state index in [1.807, 2.05) is 24.3 Å². The van der Waals surface area contributed by atoms with Crippen LogP contribution in [0.1, 0.15) is 22.3 Å². The van der Waals surface area contributed by atoms with Crippen LogP contribution in [0.2, 0.25) is 5.02 Å². The van der Waals surface area contributed by atoms with E-state index in [4.69, 9.17) is 11.6 Å². The summed E-state index contributed by atoms with van der Waals surface area (Å²) in [4.78, 5) is 0. The molecule has 0 saturated carbocycles. The lowest BCUT2D eigenvalue weighted by Crippen LogP contribution is -2.01. The van der Waals surface area contributed by atoms with Crippen molar-refractivity contribution >= 4 is 22.4 Å². The Morgan fingerprint density at radius 3 is 2.58 bits per heavy atom. The standard InChI is InChI=1S/C16H17ClOS/c1-12-6-7-13(2)15(8-12)11-19(18)10-14-4-3-5-16(17)9-14/h3-9H,10-11H2,1-2H3. The summed E-state index contributed by atoms with van der Waals surface area (Å²) in [6, 6.07) is 13.9. The maximum atomic E-state index is 12.2. The van der Waals surface area contributed by atoms with Crippen molar-refractivity contribution in [2.24, 2.45) is 0 Å². The molecular formula is C16H17ClOS. The van der Waals surface area contributed by atoms with E-state index in [-0.39, 0.29) is 0 Å². The molecule has 0 aliphatic heterocycles. The van der Waals surface area contributed by atoms with Crippen LogP contribution in [0, 0.1) is 13.8 Å². The molecule has 1 nitrogen and oxygen atoms in total. The van der Waals surface area contributed by atoms with Gasteiger partial charge < -0.3 is 0 Å². The summed E-state index contributed by atoms with van der Waals surface area (Å²) in [6.45, 7) is 4.12. The van der Waals surface area contributed by atoms with Gasteiger partial charge in [-0.2, -0.15) is 0 Å². The molecule has 0 bridgehead atoms. The molecule has 0 saturated heterocycles. The van der Waals surface area contributed by atoms with E-state index in [1.165, 1.54) is 16.7 Å². The molecule has 0 heterocycles. The first-order valence-electron chi connectivity index (χ1n) is 6.20. The van der Waals surface area contributed by atoms with Gasteiger partial charge in [0, 0.05) is 27.3 Å². The van der Waals surface area contributed by atoms with Crippen LogP contribution in [-0.4, -0.2) is 4.21 Å². The van der Waals surface area contributed by atoms with Crippen LogP contribution in [0.5, 0.6) is 0 Å². The van der Waals surface area contributed by atoms with Gasteiger partial charge in [0.05, 0.1) is 0 Å². The van der Waals surface area contributed by atoms with Gasteiger partial charge in [0.2, 0.25) is 0 Å². The van der Waals surface area contributed by atoms with Crippen molar-refractivity contribution in [1.82, 2.24) is 0 Å². The molecule has 0 aliphatic rings. The Bertz CT molecular complexity index is 607. The van der Waals surface area contributed by atoms with Gasteiger partial charge in [-0.15, -0.1) is 0 Å². The number of rotatable bonds is 4. The monoisotopic (exact) mass is 292 g/mol. The highest BCUT2D eigenvalue weighted by Crippen LogP contribution is 2.16. The fourth-order valence-electron chi connectivity index (χ4n) is 1.99. The molecule has 2 rings (SSSR count). The lowest BCUT2D eigenvalue weighted by molar-refractivity contribution is 0.682. The van der Waals surface area contributed by atoms with Gasteiger partial charge in [-0.3, -0.25) is 4.21 Å². The van der Waals surface area contributed by atoms with Gasteiger partial charge in [0.15, 0.2) is 0 Å². The number of hydrogen-bond acceptors (Lipinski definition) is 1. The molecule has 2 aromatic rings. The molecule has 3 heteroatoms. The highest BCUT2D eigenvalue weighted by atomic mass is 35.5. The Hall–Kier alpha value is -1.12. The Morgan fingerprint density at radius 1 is 1.05 bits per heavy atom. The smallest absolute Gasteiger partial charge is 0.0491 e. The van der Waals surface area contributed by atoms with Crippen LogP contribution in [0.3, 0.4) is 0 Å². The summed E-state index contributed by atoms with van der Waals surface area (Å²) in [5.74, 6) is 1.15. The number of aryl methyl sites for hydroxylation is 2. The third kappa shape index (κ3) is 4.19. The highest BCUT2D eigenvalue weighted by molar-refractivity contribution is 7.83. The van der Waals surface area contributed by atoms with E-state index in [1.54, 1.807) is 0 Å². The maximum absolute atomic E-state index is 12.2. The minimum atomic E-state index is -0.907. The molecule has 1 atom stereocenters. The Morgan fingerprint density at radius 2 is 1.84 bits per heavy atom. The largest absolute Gasteiger partial charge is 0.259 e. The van der Waals surface area contributed by atoms with Crippen molar-refractivity contribution in [2.45, 2.75) is 25.4 Å². The molecule has 19 heavy (non-hydrogen) atoms. The summed E-state index contributed by atoms with van der Waals surface area (Å²) < 4.78 is 12.2. The van der Waals surface area contributed by atoms with Crippen LogP contribution in [0.4, 0.5) is 0 Å². The summed E-state index contributed by atoms with van der Waals surface area (Å²) in [7, 11) is -0.907. The van der Waals surface area contributed by atoms with Crippen molar-refractivity contribution in [3.8, 4) is 0 Å². The molecular weight excluding hydrogens is 276 g/mol. The SMILES string of the molecule is Cc1ccc(C)c(CS(=O)Cc2cccc(Cl)c2)c1. The second-order valence-corrected chi connectivity index (χ2v) is 6.68. The van der Waals surface area contributed by atoms with Crippen LogP contribution >= 0.6 is 11.6 Å². The Balaban J connectivity index is 2.07. The fourth-order valence-corrected chi connectivity index (χ4v) is 3.52. The topological polar surface area (TPSA) is 17.1 Å². The zero-order chi connectivity index (χ0) is 13.8. The number of benzene rings is 2. The van der Waals surface area contributed by atoms with E-state index in [0.29, 0.717) is 16.5 Å². The van der Waals surface area contributed by atoms with Crippen molar-refractivity contribution < 1.29 is 4.21 Å². The average Bonchev–Trinajstić information content (AvgIpc) is 2.34. The predicted molar refractivity (Wildman–Crippen MR) is 82.9 cm³/mol. The van der Waals surface area contributed by atoms with Gasteiger partial charge in [0.25, 0.3) is 0 Å². The molecule has 0 aliphatic carbocycles. The molecule has 0 aromatic heterocycles. The van der Waals surface area contributed by atoms with Gasteiger partial charge in [-0.05, 0) is 42.7 Å². The third-order valence-corrected chi connectivity index (χ3v) is 4.56. The predicted octanol–water partition coefficient (Wildman–Crippen LogP) is 4.41. The minimum absolute atomic E-state index is 0.550. The van der Waals surface area contributed by atoms with Crippen LogP contribution in [0.25, 0.3) is 0 Å². The first-order valence-corrected chi connectivity index (χ1v) is 8.07. The van der Waals surface area contributed by atoms with Gasteiger partial charge >= 0.3 is 0 Å². The van der Waals surface area contributed by atoms with Gasteiger partial charge in [-0.1, -0.05) is 47.5 Å². The van der Waals surface area contributed by atoms with Crippen LogP contribution < -0.4 is 0 Å². The molecule has 0 fully saturated rings. The van der Waals surface area contributed by atoms with Gasteiger partial charge in [0.1, 0.15) is 0 Å². The summed E-state index contributed by atoms with van der Waals surface area (Å²) in [5.41, 5.74) is 4.60. The molecule has 2 aromatic carbocycles. The minimum Gasteiger partial charge on any atom is -0.259 e. The molecule has 1 unspecified atom stereocenters. The quantitative estimate of drug-likeness (QED) is 0.816. The lowest BCUT2D eigenvalue weighted by Gasteiger charge is -2.07. The van der Waals surface area contributed by atoms with E-state index in [2.05, 4.69) is 32.0 Å². The van der Waals surface area contributed by atoms with Gasteiger partial charge in [-0.25, -0.2) is 0 Å². The van der Waals surface area contributed by atoms with E-state index in [0.717, 1.165) is 5.56 Å². The molecule has 100 valence electrons. The first-order chi connectivity index (χ1) is 9.04. The average molecular weight is 293 g/mol. The van der Waals surface area contributed by atoms with E-state index in [9.17, 15) is 4.21 Å². The molecule has 0 N–H and O–H groups in total. The zero-order valence-electron chi connectivity index (χ0n) is 11.2. The molecule has 0 radical (unpaired) electrons. The van der Waals surface area contributed by atoms with E-state index >= 15 is 0 Å². The highest BCUT2D eigenvalue weighted by Gasteiger charge is 2.06. The fraction of sp³-hybridized carbons (Fsp3) is 0.250. The van der Waals surface area contributed by atoms with Crippen LogP contribution in [-0.2, 0) is 22.3 Å². The maximum Gasteiger partial charge on any atom is 0.0491 e. The van der Waals surface area contributed by atoms with Crippen molar-refractivity contribution in [3.63, 3.8) is 0 Å².